The number of ether oxygens (including phenoxy) is 1. The lowest BCUT2D eigenvalue weighted by atomic mass is 10.1. The van der Waals surface area contributed by atoms with Crippen LogP contribution in [-0.2, 0) is 17.6 Å². The van der Waals surface area contributed by atoms with E-state index in [1.165, 1.54) is 5.56 Å². The monoisotopic (exact) mass is 281 g/mol. The van der Waals surface area contributed by atoms with E-state index in [0.717, 1.165) is 23.4 Å². The Morgan fingerprint density at radius 3 is 2.71 bits per heavy atom. The molecule has 2 aromatic rings. The number of benzene rings is 2. The topological polar surface area (TPSA) is 29.5 Å². The van der Waals surface area contributed by atoms with Crippen molar-refractivity contribution in [3.63, 3.8) is 0 Å². The summed E-state index contributed by atoms with van der Waals surface area (Å²) in [6.45, 7) is 2.10. The minimum atomic E-state index is 0.122. The fourth-order valence-corrected chi connectivity index (χ4v) is 3.04. The van der Waals surface area contributed by atoms with E-state index < -0.39 is 0 Å². The van der Waals surface area contributed by atoms with Crippen molar-refractivity contribution in [1.82, 2.24) is 0 Å². The van der Waals surface area contributed by atoms with Crippen LogP contribution in [0.3, 0.4) is 0 Å². The summed E-state index contributed by atoms with van der Waals surface area (Å²) in [5, 5.41) is 0. The molecule has 0 aliphatic carbocycles. The van der Waals surface area contributed by atoms with E-state index >= 15 is 0 Å². The first kappa shape index (κ1) is 13.7. The van der Waals surface area contributed by atoms with Crippen molar-refractivity contribution < 1.29 is 9.53 Å². The Labute approximate surface area is 125 Å². The van der Waals surface area contributed by atoms with Gasteiger partial charge < -0.3 is 9.64 Å². The Morgan fingerprint density at radius 2 is 1.90 bits per heavy atom. The van der Waals surface area contributed by atoms with E-state index in [0.29, 0.717) is 6.42 Å². The van der Waals surface area contributed by atoms with Gasteiger partial charge in [0.25, 0.3) is 0 Å². The van der Waals surface area contributed by atoms with Crippen LogP contribution in [0.1, 0.15) is 18.1 Å². The summed E-state index contributed by atoms with van der Waals surface area (Å²) in [6, 6.07) is 16.0. The average molecular weight is 281 g/mol. The molecule has 2 aromatic carbocycles. The number of carbonyl (C=O) groups excluding carboxylic acids is 1. The van der Waals surface area contributed by atoms with Gasteiger partial charge in [-0.1, -0.05) is 36.4 Å². The van der Waals surface area contributed by atoms with E-state index in [9.17, 15) is 4.79 Å². The number of fused-ring (bicyclic) bond motifs is 1. The summed E-state index contributed by atoms with van der Waals surface area (Å²) in [5.41, 5.74) is 3.23. The predicted molar refractivity (Wildman–Crippen MR) is 83.8 cm³/mol. The van der Waals surface area contributed by atoms with Crippen LogP contribution in [0, 0.1) is 0 Å². The Balaban J connectivity index is 1.86. The first-order valence-corrected chi connectivity index (χ1v) is 7.22. The summed E-state index contributed by atoms with van der Waals surface area (Å²) in [5.74, 6) is 0.892. The quantitative estimate of drug-likeness (QED) is 0.864. The number of carbonyl (C=O) groups is 1. The number of nitrogens with zero attached hydrogens (tertiary/aromatic N) is 1. The number of amides is 1. The van der Waals surface area contributed by atoms with Crippen molar-refractivity contribution in [3.8, 4) is 5.75 Å². The first-order chi connectivity index (χ1) is 10.2. The smallest absolute Gasteiger partial charge is 0.231 e. The van der Waals surface area contributed by atoms with Gasteiger partial charge >= 0.3 is 0 Å². The molecular formula is C18H19NO2. The summed E-state index contributed by atoms with van der Waals surface area (Å²) < 4.78 is 5.33. The average Bonchev–Trinajstić information content (AvgIpc) is 2.83. The van der Waals surface area contributed by atoms with Crippen LogP contribution in [0.25, 0.3) is 0 Å². The Kier molecular flexibility index (Phi) is 3.65. The molecule has 0 spiro atoms. The molecule has 0 bridgehead atoms. The number of anilines is 1. The first-order valence-electron chi connectivity index (χ1n) is 7.22. The zero-order valence-corrected chi connectivity index (χ0v) is 12.4. The molecule has 1 heterocycles. The third kappa shape index (κ3) is 2.51. The van der Waals surface area contributed by atoms with E-state index in [1.54, 1.807) is 7.11 Å². The number of methoxy groups -OCH3 is 1. The van der Waals surface area contributed by atoms with Gasteiger partial charge in [-0.05, 0) is 31.0 Å². The summed E-state index contributed by atoms with van der Waals surface area (Å²) in [7, 11) is 1.64. The minimum Gasteiger partial charge on any atom is -0.496 e. The zero-order chi connectivity index (χ0) is 14.8. The fraction of sp³-hybridized carbons (Fsp3) is 0.278. The number of para-hydroxylation sites is 2. The number of rotatable bonds is 3. The summed E-state index contributed by atoms with van der Waals surface area (Å²) in [6.07, 6.45) is 1.29. The van der Waals surface area contributed by atoms with Crippen molar-refractivity contribution >= 4 is 11.6 Å². The Bertz CT molecular complexity index is 666. The maximum absolute atomic E-state index is 12.7. The lowest BCUT2D eigenvalue weighted by Gasteiger charge is -2.23. The summed E-state index contributed by atoms with van der Waals surface area (Å²) >= 11 is 0. The van der Waals surface area contributed by atoms with Crippen molar-refractivity contribution in [3.05, 3.63) is 59.7 Å². The molecule has 108 valence electrons. The zero-order valence-electron chi connectivity index (χ0n) is 12.4. The molecule has 1 aliphatic heterocycles. The minimum absolute atomic E-state index is 0.122. The van der Waals surface area contributed by atoms with Gasteiger partial charge in [-0.25, -0.2) is 0 Å². The lowest BCUT2D eigenvalue weighted by Crippen LogP contribution is -2.36. The van der Waals surface area contributed by atoms with Gasteiger partial charge in [-0.15, -0.1) is 0 Å². The molecule has 1 atom stereocenters. The molecule has 21 heavy (non-hydrogen) atoms. The maximum Gasteiger partial charge on any atom is 0.231 e. The van der Waals surface area contributed by atoms with Crippen molar-refractivity contribution in [2.24, 2.45) is 0 Å². The second-order valence-corrected chi connectivity index (χ2v) is 5.43. The third-order valence-electron chi connectivity index (χ3n) is 4.01. The molecule has 1 aliphatic rings. The van der Waals surface area contributed by atoms with Gasteiger partial charge in [0, 0.05) is 17.3 Å². The standard InChI is InChI=1S/C18H19NO2/c1-13-11-14-7-3-5-9-16(14)19(13)18(20)12-15-8-4-6-10-17(15)21-2/h3-10,13H,11-12H2,1-2H3/t13-/m0/s1. The molecule has 0 aromatic heterocycles. The molecule has 0 N–H and O–H groups in total. The Morgan fingerprint density at radius 1 is 1.19 bits per heavy atom. The predicted octanol–water partition coefficient (Wildman–Crippen LogP) is 3.22. The van der Waals surface area contributed by atoms with Gasteiger partial charge in [0.1, 0.15) is 5.75 Å². The molecule has 0 saturated heterocycles. The largest absolute Gasteiger partial charge is 0.496 e. The second-order valence-electron chi connectivity index (χ2n) is 5.43. The SMILES string of the molecule is COc1ccccc1CC(=O)N1c2ccccc2C[C@@H]1C. The van der Waals surface area contributed by atoms with Gasteiger partial charge in [0.2, 0.25) is 5.91 Å². The summed E-state index contributed by atoms with van der Waals surface area (Å²) in [4.78, 5) is 14.6. The third-order valence-corrected chi connectivity index (χ3v) is 4.01. The van der Waals surface area contributed by atoms with Crippen LogP contribution in [0.15, 0.2) is 48.5 Å². The molecule has 0 unspecified atom stereocenters. The number of hydrogen-bond acceptors (Lipinski definition) is 2. The van der Waals surface area contributed by atoms with E-state index in [4.69, 9.17) is 4.74 Å². The van der Waals surface area contributed by atoms with Crippen LogP contribution in [0.2, 0.25) is 0 Å². The van der Waals surface area contributed by atoms with Crippen molar-refractivity contribution in [1.29, 1.82) is 0 Å². The molecule has 1 amide bonds. The van der Waals surface area contributed by atoms with Crippen LogP contribution in [0.4, 0.5) is 5.69 Å². The molecule has 3 rings (SSSR count). The van der Waals surface area contributed by atoms with E-state index in [-0.39, 0.29) is 11.9 Å². The van der Waals surface area contributed by atoms with Gasteiger partial charge in [-0.3, -0.25) is 4.79 Å². The molecule has 0 saturated carbocycles. The highest BCUT2D eigenvalue weighted by Gasteiger charge is 2.30. The van der Waals surface area contributed by atoms with Gasteiger partial charge in [-0.2, -0.15) is 0 Å². The Hall–Kier alpha value is -2.29. The second kappa shape index (κ2) is 5.60. The normalized spacial score (nSPS) is 16.7. The lowest BCUT2D eigenvalue weighted by molar-refractivity contribution is -0.118. The van der Waals surface area contributed by atoms with Gasteiger partial charge in [0.15, 0.2) is 0 Å². The highest BCUT2D eigenvalue weighted by atomic mass is 16.5. The molecule has 0 radical (unpaired) electrons. The van der Waals surface area contributed by atoms with Crippen LogP contribution >= 0.6 is 0 Å². The van der Waals surface area contributed by atoms with Crippen LogP contribution < -0.4 is 9.64 Å². The molecule has 0 fully saturated rings. The van der Waals surface area contributed by atoms with Crippen molar-refractivity contribution in [2.75, 3.05) is 12.0 Å². The van der Waals surface area contributed by atoms with Crippen LogP contribution in [0.5, 0.6) is 5.75 Å². The van der Waals surface area contributed by atoms with Crippen LogP contribution in [-0.4, -0.2) is 19.1 Å². The highest BCUT2D eigenvalue weighted by Crippen LogP contribution is 2.32. The van der Waals surface area contributed by atoms with E-state index in [1.807, 2.05) is 47.4 Å². The van der Waals surface area contributed by atoms with Gasteiger partial charge in [0.05, 0.1) is 13.5 Å². The molecular weight excluding hydrogens is 262 g/mol. The molecule has 3 heteroatoms. The van der Waals surface area contributed by atoms with E-state index in [2.05, 4.69) is 13.0 Å². The highest BCUT2D eigenvalue weighted by molar-refractivity contribution is 5.97. The van der Waals surface area contributed by atoms with Crippen molar-refractivity contribution in [2.45, 2.75) is 25.8 Å². The molecule has 3 nitrogen and oxygen atoms in total. The maximum atomic E-state index is 12.7. The number of hydrogen-bond donors (Lipinski definition) is 0. The fourth-order valence-electron chi connectivity index (χ4n) is 3.04.